The average Bonchev–Trinajstić information content (AvgIpc) is 3.39. The van der Waals surface area contributed by atoms with Crippen molar-refractivity contribution in [2.45, 2.75) is 12.8 Å². The Morgan fingerprint density at radius 3 is 2.47 bits per heavy atom. The third kappa shape index (κ3) is 3.72. The maximum Gasteiger partial charge on any atom is 0.323 e. The molecule has 0 bridgehead atoms. The molecule has 0 fully saturated rings. The summed E-state index contributed by atoms with van der Waals surface area (Å²) < 4.78 is 33.6. The van der Waals surface area contributed by atoms with Crippen LogP contribution in [0.1, 0.15) is 16.8 Å². The zero-order valence-electron chi connectivity index (χ0n) is 15.4. The number of rotatable bonds is 5. The fourth-order valence-electron chi connectivity index (χ4n) is 3.11. The van der Waals surface area contributed by atoms with Crippen LogP contribution in [0.2, 0.25) is 0 Å². The Hall–Kier alpha value is -3.44. The standard InChI is InChI=1S/C19H15N5O4S2/c25-19-14(23-30(26,27)24-19)9-16-21-22-17(28-16)10-18-20-13-7-6-12(8-15(13)29-18)11-4-2-1-3-5-11/h1-8,23-25H,9-10H2. The number of hydrogen-bond donors (Lipinski definition) is 3. The highest BCUT2D eigenvalue weighted by Crippen LogP contribution is 2.29. The number of nitrogens with one attached hydrogen (secondary N) is 2. The lowest BCUT2D eigenvalue weighted by atomic mass is 10.1. The zero-order valence-corrected chi connectivity index (χ0v) is 17.0. The van der Waals surface area contributed by atoms with Gasteiger partial charge in [0, 0.05) is 0 Å². The summed E-state index contributed by atoms with van der Waals surface area (Å²) >= 11 is 1.55. The number of thiazole rings is 1. The number of aliphatic hydroxyl groups excluding tert-OH is 1. The molecule has 2 aromatic heterocycles. The number of benzene rings is 2. The third-order valence-electron chi connectivity index (χ3n) is 4.45. The molecular weight excluding hydrogens is 426 g/mol. The van der Waals surface area contributed by atoms with E-state index in [0.717, 1.165) is 26.4 Å². The minimum absolute atomic E-state index is 0.0364. The van der Waals surface area contributed by atoms with Crippen LogP contribution in [0.4, 0.5) is 0 Å². The van der Waals surface area contributed by atoms with E-state index in [4.69, 9.17) is 4.42 Å². The molecule has 2 aromatic carbocycles. The van der Waals surface area contributed by atoms with E-state index in [9.17, 15) is 13.5 Å². The molecule has 0 aliphatic carbocycles. The summed E-state index contributed by atoms with van der Waals surface area (Å²) in [5.41, 5.74) is 3.22. The summed E-state index contributed by atoms with van der Waals surface area (Å²) in [6.07, 6.45) is 0.327. The molecule has 11 heteroatoms. The normalized spacial score (nSPS) is 15.3. The number of fused-ring (bicyclic) bond motifs is 1. The summed E-state index contributed by atoms with van der Waals surface area (Å²) in [6, 6.07) is 16.3. The molecule has 3 N–H and O–H groups in total. The monoisotopic (exact) mass is 441 g/mol. The van der Waals surface area contributed by atoms with Gasteiger partial charge in [0.25, 0.3) is 0 Å². The first-order valence-corrected chi connectivity index (χ1v) is 11.2. The second kappa shape index (κ2) is 7.11. The fourth-order valence-corrected chi connectivity index (χ4v) is 5.03. The van der Waals surface area contributed by atoms with Crippen LogP contribution in [0, 0.1) is 0 Å². The van der Waals surface area contributed by atoms with E-state index >= 15 is 0 Å². The van der Waals surface area contributed by atoms with Crippen LogP contribution in [0.25, 0.3) is 21.3 Å². The molecule has 3 heterocycles. The van der Waals surface area contributed by atoms with Gasteiger partial charge in [-0.2, -0.15) is 8.42 Å². The molecule has 0 saturated heterocycles. The van der Waals surface area contributed by atoms with Crippen molar-refractivity contribution in [3.8, 4) is 11.1 Å². The van der Waals surface area contributed by atoms with Gasteiger partial charge in [0.1, 0.15) is 5.01 Å². The topological polar surface area (TPSA) is 130 Å². The molecule has 1 aliphatic rings. The van der Waals surface area contributed by atoms with Crippen molar-refractivity contribution in [1.29, 1.82) is 0 Å². The van der Waals surface area contributed by atoms with Crippen molar-refractivity contribution in [2.75, 3.05) is 0 Å². The predicted molar refractivity (Wildman–Crippen MR) is 111 cm³/mol. The van der Waals surface area contributed by atoms with E-state index in [1.54, 1.807) is 11.3 Å². The quantitative estimate of drug-likeness (QED) is 0.434. The minimum atomic E-state index is -3.77. The van der Waals surface area contributed by atoms with Gasteiger partial charge in [-0.05, 0) is 23.3 Å². The van der Waals surface area contributed by atoms with Gasteiger partial charge in [0.15, 0.2) is 0 Å². The molecule has 4 aromatic rings. The van der Waals surface area contributed by atoms with Crippen molar-refractivity contribution in [2.24, 2.45) is 0 Å². The van der Waals surface area contributed by atoms with Crippen LogP contribution in [0.3, 0.4) is 0 Å². The maximum absolute atomic E-state index is 11.4. The maximum atomic E-state index is 11.4. The highest BCUT2D eigenvalue weighted by Gasteiger charge is 2.26. The number of aliphatic hydroxyl groups is 1. The predicted octanol–water partition coefficient (Wildman–Crippen LogP) is 2.64. The summed E-state index contributed by atoms with van der Waals surface area (Å²) in [5, 5.41) is 18.4. The van der Waals surface area contributed by atoms with E-state index in [1.807, 2.05) is 35.1 Å². The van der Waals surface area contributed by atoms with Crippen LogP contribution >= 0.6 is 11.3 Å². The fraction of sp³-hybridized carbons (Fsp3) is 0.105. The molecule has 0 atom stereocenters. The van der Waals surface area contributed by atoms with Crippen LogP contribution < -0.4 is 9.44 Å². The van der Waals surface area contributed by atoms with Gasteiger partial charge >= 0.3 is 10.2 Å². The molecule has 9 nitrogen and oxygen atoms in total. The van der Waals surface area contributed by atoms with Gasteiger partial charge in [-0.25, -0.2) is 9.71 Å². The first-order chi connectivity index (χ1) is 14.4. The van der Waals surface area contributed by atoms with Gasteiger partial charge in [0.05, 0.1) is 28.8 Å². The molecule has 5 rings (SSSR count). The first-order valence-electron chi connectivity index (χ1n) is 8.94. The molecule has 0 spiro atoms. The van der Waals surface area contributed by atoms with E-state index in [1.165, 1.54) is 0 Å². The Bertz CT molecular complexity index is 1380. The first kappa shape index (κ1) is 18.6. The Balaban J connectivity index is 1.33. The lowest BCUT2D eigenvalue weighted by Gasteiger charge is -2.00. The summed E-state index contributed by atoms with van der Waals surface area (Å²) in [4.78, 5) is 4.63. The van der Waals surface area contributed by atoms with Crippen molar-refractivity contribution >= 4 is 31.8 Å². The second-order valence-electron chi connectivity index (χ2n) is 6.63. The minimum Gasteiger partial charge on any atom is -0.493 e. The van der Waals surface area contributed by atoms with E-state index < -0.39 is 16.1 Å². The van der Waals surface area contributed by atoms with Crippen molar-refractivity contribution in [1.82, 2.24) is 24.6 Å². The Labute approximate surface area is 175 Å². The van der Waals surface area contributed by atoms with E-state index in [2.05, 4.69) is 38.1 Å². The SMILES string of the molecule is O=S1(=O)NC(O)=C(Cc2nnc(Cc3nc4ccc(-c5ccccc5)cc4s3)o2)N1. The third-order valence-corrected chi connectivity index (χ3v) is 6.45. The number of nitrogens with zero attached hydrogens (tertiary/aromatic N) is 3. The number of allylic oxidation sites excluding steroid dienone is 1. The smallest absolute Gasteiger partial charge is 0.323 e. The second-order valence-corrected chi connectivity index (χ2v) is 9.16. The molecule has 0 unspecified atom stereocenters. The largest absolute Gasteiger partial charge is 0.493 e. The average molecular weight is 441 g/mol. The van der Waals surface area contributed by atoms with Crippen LogP contribution in [-0.2, 0) is 23.1 Å². The number of aromatic nitrogens is 3. The van der Waals surface area contributed by atoms with Crippen LogP contribution in [-0.4, -0.2) is 28.7 Å². The molecule has 0 amide bonds. The lowest BCUT2D eigenvalue weighted by Crippen LogP contribution is -2.25. The van der Waals surface area contributed by atoms with Crippen LogP contribution in [0.15, 0.2) is 64.5 Å². The van der Waals surface area contributed by atoms with Crippen LogP contribution in [0.5, 0.6) is 0 Å². The van der Waals surface area contributed by atoms with Crippen molar-refractivity contribution < 1.29 is 17.9 Å². The highest BCUT2D eigenvalue weighted by atomic mass is 32.2. The molecule has 152 valence electrons. The van der Waals surface area contributed by atoms with Crippen molar-refractivity contribution in [3.63, 3.8) is 0 Å². The van der Waals surface area contributed by atoms with Gasteiger partial charge in [-0.15, -0.1) is 21.5 Å². The Morgan fingerprint density at radius 2 is 1.73 bits per heavy atom. The summed E-state index contributed by atoms with van der Waals surface area (Å²) in [5.74, 6) is 0.0711. The van der Waals surface area contributed by atoms with Gasteiger partial charge in [0.2, 0.25) is 17.7 Å². The summed E-state index contributed by atoms with van der Waals surface area (Å²) in [6.45, 7) is 0. The molecule has 30 heavy (non-hydrogen) atoms. The van der Waals surface area contributed by atoms with Gasteiger partial charge < -0.3 is 9.52 Å². The highest BCUT2D eigenvalue weighted by molar-refractivity contribution is 7.88. The molecule has 1 aliphatic heterocycles. The van der Waals surface area contributed by atoms with E-state index in [0.29, 0.717) is 12.3 Å². The Kier molecular flexibility index (Phi) is 4.40. The molecule has 0 saturated carbocycles. The van der Waals surface area contributed by atoms with Gasteiger partial charge in [-0.3, -0.25) is 4.72 Å². The molecular formula is C19H15N5O4S2. The Morgan fingerprint density at radius 1 is 0.967 bits per heavy atom. The van der Waals surface area contributed by atoms with Crippen molar-refractivity contribution in [3.05, 3.63) is 76.9 Å². The lowest BCUT2D eigenvalue weighted by molar-refractivity contribution is 0.382. The zero-order chi connectivity index (χ0) is 20.7. The van der Waals surface area contributed by atoms with Gasteiger partial charge in [-0.1, -0.05) is 36.4 Å². The molecule has 0 radical (unpaired) electrons. The van der Waals surface area contributed by atoms with E-state index in [-0.39, 0.29) is 18.0 Å². The number of hydrogen-bond acceptors (Lipinski definition) is 8. The summed E-state index contributed by atoms with van der Waals surface area (Å²) in [7, 11) is -3.77.